The molecular weight excluding hydrogens is 383 g/mol. The fourth-order valence-corrected chi connectivity index (χ4v) is 3.95. The number of hydrogen-bond acceptors (Lipinski definition) is 4. The van der Waals surface area contributed by atoms with Crippen LogP contribution in [0.25, 0.3) is 10.9 Å². The van der Waals surface area contributed by atoms with E-state index in [1.807, 2.05) is 19.9 Å². The Morgan fingerprint density at radius 1 is 1.17 bits per heavy atom. The zero-order valence-corrected chi connectivity index (χ0v) is 16.5. The summed E-state index contributed by atoms with van der Waals surface area (Å²) in [5.41, 5.74) is 2.60. The normalized spacial score (nSPS) is 16.6. The molecule has 1 aliphatic heterocycles. The number of piperidine rings is 1. The molecule has 0 N–H and O–H groups in total. The van der Waals surface area contributed by atoms with Crippen LogP contribution in [0, 0.1) is 13.8 Å². The van der Waals surface area contributed by atoms with Gasteiger partial charge in [-0.3, -0.25) is 4.90 Å². The average Bonchev–Trinajstić information content (AvgIpc) is 3.21. The molecule has 0 unspecified atom stereocenters. The van der Waals surface area contributed by atoms with Crippen LogP contribution in [-0.2, 0) is 13.1 Å². The van der Waals surface area contributed by atoms with Crippen LogP contribution in [0.3, 0.4) is 0 Å². The summed E-state index contributed by atoms with van der Waals surface area (Å²) in [7, 11) is 0. The van der Waals surface area contributed by atoms with Gasteiger partial charge in [-0.1, -0.05) is 11.2 Å². The Hall–Kier alpha value is -2.48. The average molecular weight is 407 g/mol. The third-order valence-electron chi connectivity index (χ3n) is 5.51. The maximum absolute atomic E-state index is 12.8. The summed E-state index contributed by atoms with van der Waals surface area (Å²) in [5, 5.41) is 4.72. The van der Waals surface area contributed by atoms with Crippen LogP contribution in [0.4, 0.5) is 13.2 Å². The van der Waals surface area contributed by atoms with E-state index < -0.39 is 12.7 Å². The van der Waals surface area contributed by atoms with Gasteiger partial charge in [-0.25, -0.2) is 0 Å². The van der Waals surface area contributed by atoms with E-state index in [-0.39, 0.29) is 6.10 Å². The molecular formula is C21H24F3N3O2. The Morgan fingerprint density at radius 3 is 2.59 bits per heavy atom. The first-order chi connectivity index (χ1) is 13.8. The molecule has 8 heteroatoms. The molecule has 0 radical (unpaired) electrons. The van der Waals surface area contributed by atoms with Gasteiger partial charge in [-0.2, -0.15) is 13.2 Å². The van der Waals surface area contributed by atoms with E-state index in [0.717, 1.165) is 54.9 Å². The maximum atomic E-state index is 12.8. The Morgan fingerprint density at radius 2 is 1.93 bits per heavy atom. The van der Waals surface area contributed by atoms with Crippen LogP contribution in [0.1, 0.15) is 29.9 Å². The lowest BCUT2D eigenvalue weighted by atomic mass is 10.1. The minimum absolute atomic E-state index is 0.0486. The van der Waals surface area contributed by atoms with Crippen molar-refractivity contribution in [3.63, 3.8) is 0 Å². The molecule has 0 atom stereocenters. The molecule has 3 aromatic rings. The summed E-state index contributed by atoms with van der Waals surface area (Å²) in [6.45, 7) is 5.47. The Bertz CT molecular complexity index is 965. The van der Waals surface area contributed by atoms with Crippen LogP contribution < -0.4 is 4.74 Å². The van der Waals surface area contributed by atoms with Crippen molar-refractivity contribution < 1.29 is 22.4 Å². The van der Waals surface area contributed by atoms with E-state index in [0.29, 0.717) is 11.3 Å². The largest absolute Gasteiger partial charge is 0.490 e. The highest BCUT2D eigenvalue weighted by Gasteiger charge is 2.29. The van der Waals surface area contributed by atoms with E-state index >= 15 is 0 Å². The van der Waals surface area contributed by atoms with Crippen molar-refractivity contribution in [3.8, 4) is 5.75 Å². The van der Waals surface area contributed by atoms with Gasteiger partial charge in [-0.15, -0.1) is 0 Å². The number of hydrogen-bond donors (Lipinski definition) is 0. The summed E-state index contributed by atoms with van der Waals surface area (Å²) >= 11 is 0. The van der Waals surface area contributed by atoms with E-state index in [9.17, 15) is 13.2 Å². The lowest BCUT2D eigenvalue weighted by molar-refractivity contribution is -0.139. The van der Waals surface area contributed by atoms with Crippen molar-refractivity contribution in [2.24, 2.45) is 0 Å². The molecule has 1 aliphatic rings. The number of rotatable bonds is 5. The first-order valence-electron chi connectivity index (χ1n) is 9.75. The number of fused-ring (bicyclic) bond motifs is 1. The molecule has 1 saturated heterocycles. The number of halogens is 3. The fraction of sp³-hybridized carbons (Fsp3) is 0.476. The Kier molecular flexibility index (Phi) is 5.29. The molecule has 29 heavy (non-hydrogen) atoms. The molecule has 0 spiro atoms. The number of likely N-dealkylation sites (tertiary alicyclic amines) is 1. The van der Waals surface area contributed by atoms with E-state index in [4.69, 9.17) is 9.26 Å². The van der Waals surface area contributed by atoms with Crippen molar-refractivity contribution in [3.05, 3.63) is 47.5 Å². The predicted octanol–water partition coefficient (Wildman–Crippen LogP) is 4.85. The minimum atomic E-state index is -4.25. The van der Waals surface area contributed by atoms with Gasteiger partial charge < -0.3 is 13.8 Å². The zero-order valence-electron chi connectivity index (χ0n) is 16.5. The second-order valence-corrected chi connectivity index (χ2v) is 7.64. The molecule has 3 heterocycles. The van der Waals surface area contributed by atoms with Gasteiger partial charge >= 0.3 is 6.18 Å². The molecule has 1 fully saturated rings. The maximum Gasteiger partial charge on any atom is 0.406 e. The highest BCUT2D eigenvalue weighted by atomic mass is 19.4. The van der Waals surface area contributed by atoms with E-state index in [2.05, 4.69) is 10.1 Å². The molecule has 4 rings (SSSR count). The number of aryl methyl sites for hydroxylation is 2. The molecule has 156 valence electrons. The highest BCUT2D eigenvalue weighted by Crippen LogP contribution is 2.31. The van der Waals surface area contributed by atoms with E-state index in [1.165, 1.54) is 10.8 Å². The lowest BCUT2D eigenvalue weighted by Crippen LogP contribution is -2.38. The lowest BCUT2D eigenvalue weighted by Gasteiger charge is -2.32. The van der Waals surface area contributed by atoms with Crippen molar-refractivity contribution >= 4 is 10.9 Å². The summed E-state index contributed by atoms with van der Waals surface area (Å²) in [4.78, 5) is 2.35. The van der Waals surface area contributed by atoms with Gasteiger partial charge in [0.2, 0.25) is 0 Å². The van der Waals surface area contributed by atoms with Gasteiger partial charge in [0.05, 0.1) is 11.2 Å². The summed E-state index contributed by atoms with van der Waals surface area (Å²) in [6, 6.07) is 6.97. The van der Waals surface area contributed by atoms with Crippen molar-refractivity contribution in [2.75, 3.05) is 13.1 Å². The smallest absolute Gasteiger partial charge is 0.406 e. The second kappa shape index (κ2) is 7.74. The second-order valence-electron chi connectivity index (χ2n) is 7.64. The van der Waals surface area contributed by atoms with Gasteiger partial charge in [-0.05, 0) is 44.9 Å². The molecule has 0 saturated carbocycles. The monoisotopic (exact) mass is 407 g/mol. The van der Waals surface area contributed by atoms with Gasteiger partial charge in [0.15, 0.2) is 0 Å². The molecule has 0 aliphatic carbocycles. The number of aromatic nitrogens is 2. The summed E-state index contributed by atoms with van der Waals surface area (Å²) < 4.78 is 51.0. The van der Waals surface area contributed by atoms with Crippen molar-refractivity contribution in [1.82, 2.24) is 14.6 Å². The SMILES string of the molecule is Cc1noc(C)c1CN1CCC(Oc2cccc3c2ccn3CC(F)(F)F)CC1. The predicted molar refractivity (Wildman–Crippen MR) is 103 cm³/mol. The third-order valence-corrected chi connectivity index (χ3v) is 5.51. The highest BCUT2D eigenvalue weighted by molar-refractivity contribution is 5.86. The van der Waals surface area contributed by atoms with Crippen LogP contribution in [0.15, 0.2) is 35.0 Å². The number of nitrogens with zero attached hydrogens (tertiary/aromatic N) is 3. The van der Waals surface area contributed by atoms with Crippen LogP contribution in [0.2, 0.25) is 0 Å². The van der Waals surface area contributed by atoms with Crippen LogP contribution in [0.5, 0.6) is 5.75 Å². The molecule has 0 bridgehead atoms. The van der Waals surface area contributed by atoms with Gasteiger partial charge in [0.25, 0.3) is 0 Å². The third kappa shape index (κ3) is 4.42. The standard InChI is InChI=1S/C21H24F3N3O2/c1-14-18(15(2)29-25-14)12-26-9-6-16(7-10-26)28-20-5-3-4-19-17(20)8-11-27(19)13-21(22,23)24/h3-5,8,11,16H,6-7,9-10,12-13H2,1-2H3. The number of ether oxygens (including phenoxy) is 1. The Balaban J connectivity index is 1.40. The Labute approximate surface area is 167 Å². The minimum Gasteiger partial charge on any atom is -0.490 e. The quantitative estimate of drug-likeness (QED) is 0.606. The number of benzene rings is 1. The molecule has 0 amide bonds. The van der Waals surface area contributed by atoms with Crippen molar-refractivity contribution in [1.29, 1.82) is 0 Å². The topological polar surface area (TPSA) is 43.4 Å². The van der Waals surface area contributed by atoms with Crippen molar-refractivity contribution in [2.45, 2.75) is 52.1 Å². The molecule has 5 nitrogen and oxygen atoms in total. The fourth-order valence-electron chi connectivity index (χ4n) is 3.95. The van der Waals surface area contributed by atoms with Gasteiger partial charge in [0.1, 0.15) is 24.2 Å². The summed E-state index contributed by atoms with van der Waals surface area (Å²) in [5.74, 6) is 1.50. The molecule has 1 aromatic carbocycles. The summed E-state index contributed by atoms with van der Waals surface area (Å²) in [6.07, 6.45) is -1.01. The zero-order chi connectivity index (χ0) is 20.6. The van der Waals surface area contributed by atoms with E-state index in [1.54, 1.807) is 18.2 Å². The van der Waals surface area contributed by atoms with Gasteiger partial charge in [0, 0.05) is 36.8 Å². The van der Waals surface area contributed by atoms with Crippen LogP contribution in [-0.4, -0.2) is 40.0 Å². The first kappa shape index (κ1) is 19.8. The number of alkyl halides is 3. The van der Waals surface area contributed by atoms with Crippen LogP contribution >= 0.6 is 0 Å². The molecule has 2 aromatic heterocycles. The first-order valence-corrected chi connectivity index (χ1v) is 9.75.